The summed E-state index contributed by atoms with van der Waals surface area (Å²) in [5.41, 5.74) is 0. The lowest BCUT2D eigenvalue weighted by atomic mass is 9.99. The molecule has 0 aliphatic rings. The largest absolute Gasteiger partial charge is 0.777 e. The Morgan fingerprint density at radius 1 is 0.244 bits per heavy atom. The molecule has 4 nitrogen and oxygen atoms in total. The van der Waals surface area contributed by atoms with Gasteiger partial charge in [0.1, 0.15) is 0 Å². The molecule has 0 saturated carbocycles. The Balaban J connectivity index is 1.38. The van der Waals surface area contributed by atoms with Crippen molar-refractivity contribution in [3.05, 3.63) is 170 Å². The zero-order valence-electron chi connectivity index (χ0n) is 24.4. The van der Waals surface area contributed by atoms with Crippen LogP contribution < -0.4 is 18.6 Å². The highest BCUT2D eigenvalue weighted by molar-refractivity contribution is 6.57. The highest BCUT2D eigenvalue weighted by Gasteiger charge is 2.44. The molecule has 0 saturated heterocycles. The Labute approximate surface area is 261 Å². The zero-order valence-corrected chi connectivity index (χ0v) is 24.4. The van der Waals surface area contributed by atoms with E-state index >= 15 is 0 Å². The molecular formula is C40H28BO4-. The van der Waals surface area contributed by atoms with Gasteiger partial charge in [0.2, 0.25) is 0 Å². The van der Waals surface area contributed by atoms with Gasteiger partial charge in [-0.1, -0.05) is 146 Å². The third-order valence-electron chi connectivity index (χ3n) is 8.08. The Bertz CT molecular complexity index is 1960. The van der Waals surface area contributed by atoms with Gasteiger partial charge in [0.15, 0.2) is 0 Å². The summed E-state index contributed by atoms with van der Waals surface area (Å²) in [4.78, 5) is 0. The van der Waals surface area contributed by atoms with Crippen molar-refractivity contribution in [3.8, 4) is 23.0 Å². The van der Waals surface area contributed by atoms with Crippen LogP contribution in [-0.4, -0.2) is 6.96 Å². The topological polar surface area (TPSA) is 36.9 Å². The maximum absolute atomic E-state index is 6.97. The molecule has 8 rings (SSSR count). The van der Waals surface area contributed by atoms with Crippen molar-refractivity contribution in [3.63, 3.8) is 0 Å². The lowest BCUT2D eigenvalue weighted by Crippen LogP contribution is -2.60. The maximum atomic E-state index is 6.97. The molecule has 0 bridgehead atoms. The molecule has 0 amide bonds. The lowest BCUT2D eigenvalue weighted by Gasteiger charge is -2.42. The zero-order chi connectivity index (χ0) is 30.1. The number of rotatable bonds is 8. The normalized spacial score (nSPS) is 11.6. The number of fused-ring (bicyclic) bond motifs is 4. The van der Waals surface area contributed by atoms with Crippen LogP contribution in [0.1, 0.15) is 0 Å². The van der Waals surface area contributed by atoms with E-state index in [0.717, 1.165) is 43.1 Å². The summed E-state index contributed by atoms with van der Waals surface area (Å²) in [6, 6.07) is 56.1. The molecule has 0 fully saturated rings. The van der Waals surface area contributed by atoms with Gasteiger partial charge >= 0.3 is 6.96 Å². The van der Waals surface area contributed by atoms with E-state index in [2.05, 4.69) is 48.5 Å². The van der Waals surface area contributed by atoms with E-state index in [1.165, 1.54) is 0 Å². The van der Waals surface area contributed by atoms with Gasteiger partial charge in [0.25, 0.3) is 0 Å². The third kappa shape index (κ3) is 5.15. The average molecular weight is 583 g/mol. The fourth-order valence-electron chi connectivity index (χ4n) is 5.96. The maximum Gasteiger partial charge on any atom is 0.777 e. The summed E-state index contributed by atoms with van der Waals surface area (Å²) < 4.78 is 27.9. The summed E-state index contributed by atoms with van der Waals surface area (Å²) in [7, 11) is 0. The molecule has 0 unspecified atom stereocenters. The Kier molecular flexibility index (Phi) is 6.69. The van der Waals surface area contributed by atoms with Crippen molar-refractivity contribution >= 4 is 50.0 Å². The van der Waals surface area contributed by atoms with E-state index < -0.39 is 6.96 Å². The first-order valence-corrected chi connectivity index (χ1v) is 15.0. The highest BCUT2D eigenvalue weighted by atomic mass is 16.9. The standard InChI is InChI=1S/C40H28BO4/c1-5-21-33-29(13-1)17-9-25-37(33)42-41(43-38-26-10-18-30-14-2-6-22-34(30)38,44-39-27-11-19-31-15-3-7-23-35(31)39)45-40-28-12-20-32-16-4-8-24-36(32)40/h1-28H/q-1. The van der Waals surface area contributed by atoms with E-state index in [9.17, 15) is 0 Å². The summed E-state index contributed by atoms with van der Waals surface area (Å²) in [6.07, 6.45) is 0. The SMILES string of the molecule is c1ccc2c(O[B-](Oc3cccc4ccccc34)(Oc3cccc4ccccc34)Oc3cccc4ccccc34)cccc2c1. The van der Waals surface area contributed by atoms with Gasteiger partial charge in [-0.3, -0.25) is 0 Å². The van der Waals surface area contributed by atoms with E-state index in [1.54, 1.807) is 0 Å². The first-order valence-electron chi connectivity index (χ1n) is 15.0. The number of hydrogen-bond acceptors (Lipinski definition) is 4. The lowest BCUT2D eigenvalue weighted by molar-refractivity contribution is 0.164. The van der Waals surface area contributed by atoms with Crippen molar-refractivity contribution in [2.45, 2.75) is 0 Å². The van der Waals surface area contributed by atoms with Gasteiger partial charge < -0.3 is 18.6 Å². The summed E-state index contributed by atoms with van der Waals surface area (Å²) >= 11 is 0. The van der Waals surface area contributed by atoms with Crippen LogP contribution in [-0.2, 0) is 0 Å². The van der Waals surface area contributed by atoms with E-state index in [-0.39, 0.29) is 0 Å². The fraction of sp³-hybridized carbons (Fsp3) is 0. The molecule has 0 aliphatic heterocycles. The van der Waals surface area contributed by atoms with E-state index in [1.807, 2.05) is 121 Å². The second-order valence-corrected chi connectivity index (χ2v) is 11.0. The molecule has 0 N–H and O–H groups in total. The van der Waals surface area contributed by atoms with E-state index in [0.29, 0.717) is 23.0 Å². The van der Waals surface area contributed by atoms with Gasteiger partial charge in [-0.2, -0.15) is 0 Å². The van der Waals surface area contributed by atoms with Gasteiger partial charge in [-0.05, 0) is 45.8 Å². The van der Waals surface area contributed by atoms with Gasteiger partial charge in [-0.25, -0.2) is 0 Å². The second kappa shape index (κ2) is 11.3. The van der Waals surface area contributed by atoms with Crippen LogP contribution in [0.2, 0.25) is 0 Å². The van der Waals surface area contributed by atoms with Gasteiger partial charge in [-0.15, -0.1) is 0 Å². The van der Waals surface area contributed by atoms with Crippen LogP contribution in [0.25, 0.3) is 43.1 Å². The van der Waals surface area contributed by atoms with Crippen molar-refractivity contribution in [1.82, 2.24) is 0 Å². The molecule has 0 radical (unpaired) electrons. The van der Waals surface area contributed by atoms with Crippen LogP contribution in [0, 0.1) is 0 Å². The minimum absolute atomic E-state index is 0.578. The monoisotopic (exact) mass is 583 g/mol. The third-order valence-corrected chi connectivity index (χ3v) is 8.08. The van der Waals surface area contributed by atoms with E-state index in [4.69, 9.17) is 18.6 Å². The van der Waals surface area contributed by atoms with Gasteiger partial charge in [0.05, 0.1) is 23.0 Å². The summed E-state index contributed by atoms with van der Waals surface area (Å²) in [6.45, 7) is -3.05. The number of hydrogen-bond donors (Lipinski definition) is 0. The van der Waals surface area contributed by atoms with Crippen LogP contribution in [0.3, 0.4) is 0 Å². The molecule has 0 spiro atoms. The number of benzene rings is 8. The minimum atomic E-state index is -3.05. The van der Waals surface area contributed by atoms with Crippen LogP contribution in [0.15, 0.2) is 170 Å². The highest BCUT2D eigenvalue weighted by Crippen LogP contribution is 2.37. The minimum Gasteiger partial charge on any atom is -0.611 e. The van der Waals surface area contributed by atoms with Crippen molar-refractivity contribution in [1.29, 1.82) is 0 Å². The molecule has 8 aromatic carbocycles. The fourth-order valence-corrected chi connectivity index (χ4v) is 5.96. The molecule has 0 aliphatic carbocycles. The second-order valence-electron chi connectivity index (χ2n) is 11.0. The molecule has 5 heteroatoms. The predicted molar refractivity (Wildman–Crippen MR) is 184 cm³/mol. The summed E-state index contributed by atoms with van der Waals surface area (Å²) in [5.74, 6) is 2.31. The Morgan fingerprint density at radius 2 is 0.467 bits per heavy atom. The molecule has 8 aromatic rings. The Hall–Kier alpha value is -5.94. The molecule has 45 heavy (non-hydrogen) atoms. The molecular weight excluding hydrogens is 555 g/mol. The smallest absolute Gasteiger partial charge is 0.611 e. The summed E-state index contributed by atoms with van der Waals surface area (Å²) in [5, 5.41) is 7.76. The predicted octanol–water partition coefficient (Wildman–Crippen LogP) is 10.4. The van der Waals surface area contributed by atoms with Crippen molar-refractivity contribution in [2.75, 3.05) is 0 Å². The first-order chi connectivity index (χ1) is 22.2. The Morgan fingerprint density at radius 3 is 0.733 bits per heavy atom. The molecule has 216 valence electrons. The van der Waals surface area contributed by atoms with Crippen LogP contribution >= 0.6 is 0 Å². The molecule has 0 heterocycles. The molecule has 0 aromatic heterocycles. The molecule has 0 atom stereocenters. The van der Waals surface area contributed by atoms with Gasteiger partial charge in [0, 0.05) is 21.5 Å². The van der Waals surface area contributed by atoms with Crippen LogP contribution in [0.4, 0.5) is 0 Å². The quantitative estimate of drug-likeness (QED) is 0.167. The average Bonchev–Trinajstić information content (AvgIpc) is 3.09. The van der Waals surface area contributed by atoms with Crippen LogP contribution in [0.5, 0.6) is 23.0 Å². The van der Waals surface area contributed by atoms with Crippen molar-refractivity contribution < 1.29 is 18.6 Å². The van der Waals surface area contributed by atoms with Crippen molar-refractivity contribution in [2.24, 2.45) is 0 Å². The first kappa shape index (κ1) is 26.7.